The lowest BCUT2D eigenvalue weighted by atomic mass is 10.0. The van der Waals surface area contributed by atoms with Crippen molar-refractivity contribution in [2.45, 2.75) is 12.5 Å². The molecule has 1 aromatic heterocycles. The smallest absolute Gasteiger partial charge is 0.229 e. The van der Waals surface area contributed by atoms with Gasteiger partial charge >= 0.3 is 0 Å². The fraction of sp³-hybridized carbons (Fsp3) is 0.360. The number of oxazole rings is 1. The molecule has 5 rings (SSSR count). The number of carbonyl (C=O) groups excluding carboxylic acids is 1. The number of nitrogens with zero attached hydrogens (tertiary/aromatic N) is 3. The quantitative estimate of drug-likeness (QED) is 0.593. The van der Waals surface area contributed by atoms with Crippen molar-refractivity contribution in [2.24, 2.45) is 5.92 Å². The van der Waals surface area contributed by atoms with Gasteiger partial charge in [0, 0.05) is 38.5 Å². The predicted molar refractivity (Wildman–Crippen MR) is 122 cm³/mol. The fourth-order valence-electron chi connectivity index (χ4n) is 4.57. The summed E-state index contributed by atoms with van der Waals surface area (Å²) in [4.78, 5) is 20.8. The van der Waals surface area contributed by atoms with Crippen LogP contribution in [0.15, 0.2) is 59.3 Å². The molecule has 2 atom stereocenters. The molecule has 2 unspecified atom stereocenters. The zero-order chi connectivity index (χ0) is 23.5. The van der Waals surface area contributed by atoms with Gasteiger partial charge in [-0.2, -0.15) is 0 Å². The third-order valence-electron chi connectivity index (χ3n) is 6.41. The Kier molecular flexibility index (Phi) is 6.55. The van der Waals surface area contributed by atoms with Gasteiger partial charge in [-0.05, 0) is 42.3 Å². The Bertz CT molecular complexity index is 1110. The van der Waals surface area contributed by atoms with Crippen LogP contribution in [0.1, 0.15) is 23.9 Å². The molecule has 2 aromatic carbocycles. The molecule has 7 nitrogen and oxygen atoms in total. The van der Waals surface area contributed by atoms with Gasteiger partial charge in [-0.15, -0.1) is 0 Å². The number of anilines is 2. The monoisotopic (exact) mass is 468 g/mol. The normalized spacial score (nSPS) is 19.8. The maximum absolute atomic E-state index is 15.0. The van der Waals surface area contributed by atoms with Gasteiger partial charge in [-0.1, -0.05) is 12.1 Å². The van der Waals surface area contributed by atoms with Crippen molar-refractivity contribution in [2.75, 3.05) is 49.6 Å². The second kappa shape index (κ2) is 9.90. The Labute approximate surface area is 196 Å². The van der Waals surface area contributed by atoms with Crippen molar-refractivity contribution in [3.8, 4) is 0 Å². The van der Waals surface area contributed by atoms with Crippen molar-refractivity contribution in [1.82, 2.24) is 9.88 Å². The van der Waals surface area contributed by atoms with E-state index in [1.165, 1.54) is 24.5 Å². The van der Waals surface area contributed by atoms with Gasteiger partial charge in [0.25, 0.3) is 0 Å². The maximum atomic E-state index is 15.0. The van der Waals surface area contributed by atoms with E-state index in [4.69, 9.17) is 9.15 Å². The van der Waals surface area contributed by atoms with E-state index < -0.39 is 0 Å². The molecular formula is C25H26F2N4O3. The third-order valence-corrected chi connectivity index (χ3v) is 6.41. The fourth-order valence-corrected chi connectivity index (χ4v) is 4.57. The Balaban J connectivity index is 1.26. The number of piperazine rings is 1. The second-order valence-electron chi connectivity index (χ2n) is 8.56. The number of halogens is 2. The summed E-state index contributed by atoms with van der Waals surface area (Å²) in [7, 11) is 0. The summed E-state index contributed by atoms with van der Waals surface area (Å²) in [5, 5.41) is 2.78. The molecular weight excluding hydrogens is 442 g/mol. The zero-order valence-corrected chi connectivity index (χ0v) is 18.6. The van der Waals surface area contributed by atoms with Crippen LogP contribution in [0.5, 0.6) is 0 Å². The lowest BCUT2D eigenvalue weighted by Crippen LogP contribution is -2.48. The molecule has 34 heavy (non-hydrogen) atoms. The zero-order valence-electron chi connectivity index (χ0n) is 18.6. The molecule has 1 amide bonds. The average molecular weight is 469 g/mol. The summed E-state index contributed by atoms with van der Waals surface area (Å²) >= 11 is 0. The van der Waals surface area contributed by atoms with Crippen LogP contribution in [0.3, 0.4) is 0 Å². The average Bonchev–Trinajstić information content (AvgIpc) is 3.56. The highest BCUT2D eigenvalue weighted by molar-refractivity contribution is 5.93. The highest BCUT2D eigenvalue weighted by Gasteiger charge is 2.30. The van der Waals surface area contributed by atoms with Gasteiger partial charge in [-0.3, -0.25) is 9.69 Å². The Morgan fingerprint density at radius 3 is 2.53 bits per heavy atom. The number of rotatable bonds is 6. The first-order valence-electron chi connectivity index (χ1n) is 11.4. The van der Waals surface area contributed by atoms with Crippen molar-refractivity contribution in [3.05, 3.63) is 78.0 Å². The summed E-state index contributed by atoms with van der Waals surface area (Å²) in [6.07, 6.45) is 3.80. The van der Waals surface area contributed by atoms with Gasteiger partial charge in [0.15, 0.2) is 0 Å². The number of aromatic nitrogens is 1. The Hall–Kier alpha value is -3.30. The molecule has 2 aliphatic heterocycles. The number of nitrogens with one attached hydrogen (secondary N) is 1. The molecule has 1 N–H and O–H groups in total. The van der Waals surface area contributed by atoms with Gasteiger partial charge in [0.1, 0.15) is 23.9 Å². The second-order valence-corrected chi connectivity index (χ2v) is 8.56. The Morgan fingerprint density at radius 1 is 1.09 bits per heavy atom. The van der Waals surface area contributed by atoms with Crippen LogP contribution in [-0.4, -0.2) is 55.2 Å². The van der Waals surface area contributed by atoms with Crippen LogP contribution in [0.4, 0.5) is 20.2 Å². The number of amides is 1. The van der Waals surface area contributed by atoms with Crippen molar-refractivity contribution in [3.63, 3.8) is 0 Å². The van der Waals surface area contributed by atoms with E-state index in [1.54, 1.807) is 30.5 Å². The van der Waals surface area contributed by atoms with Crippen LogP contribution in [0.2, 0.25) is 0 Å². The van der Waals surface area contributed by atoms with Crippen molar-refractivity contribution < 1.29 is 22.7 Å². The minimum absolute atomic E-state index is 0.142. The maximum Gasteiger partial charge on any atom is 0.229 e. The number of hydrogen-bond acceptors (Lipinski definition) is 6. The van der Waals surface area contributed by atoms with Crippen LogP contribution >= 0.6 is 0 Å². The molecule has 0 radical (unpaired) electrons. The first-order valence-corrected chi connectivity index (χ1v) is 11.4. The number of ether oxygens (including phenoxy) is 1. The van der Waals surface area contributed by atoms with E-state index in [-0.39, 0.29) is 29.5 Å². The van der Waals surface area contributed by atoms with E-state index >= 15 is 0 Å². The minimum Gasteiger partial charge on any atom is -0.447 e. The molecule has 3 heterocycles. The van der Waals surface area contributed by atoms with E-state index in [0.29, 0.717) is 63.1 Å². The van der Waals surface area contributed by atoms with Crippen molar-refractivity contribution in [1.29, 1.82) is 0 Å². The summed E-state index contributed by atoms with van der Waals surface area (Å²) in [5.74, 6) is -0.465. The molecule has 0 aliphatic carbocycles. The molecule has 2 saturated heterocycles. The molecule has 178 valence electrons. The predicted octanol–water partition coefficient (Wildman–Crippen LogP) is 3.84. The molecule has 0 saturated carbocycles. The van der Waals surface area contributed by atoms with Crippen LogP contribution in [0, 0.1) is 17.6 Å². The summed E-state index contributed by atoms with van der Waals surface area (Å²) in [6.45, 7) is 3.47. The van der Waals surface area contributed by atoms with E-state index in [1.807, 2.05) is 4.90 Å². The molecule has 2 fully saturated rings. The Morgan fingerprint density at radius 2 is 1.88 bits per heavy atom. The summed E-state index contributed by atoms with van der Waals surface area (Å²) in [6, 6.07) is 10.9. The van der Waals surface area contributed by atoms with E-state index in [0.717, 1.165) is 5.56 Å². The summed E-state index contributed by atoms with van der Waals surface area (Å²) in [5.41, 5.74) is 1.82. The standard InChI is InChI=1S/C25H26F2N4O3/c26-19-3-1-17(2-4-19)23(25-28-8-14-34-25)31-11-9-30(10-12-31)22-6-5-20(15-21(22)27)29-24(32)18-7-13-33-16-18/h1-6,8,14-15,18,23H,7,9-13,16H2,(H,29,32). The molecule has 0 bridgehead atoms. The van der Waals surface area contributed by atoms with Crippen LogP contribution in [0.25, 0.3) is 0 Å². The topological polar surface area (TPSA) is 70.8 Å². The van der Waals surface area contributed by atoms with Gasteiger partial charge in [-0.25, -0.2) is 13.8 Å². The molecule has 2 aliphatic rings. The highest BCUT2D eigenvalue weighted by atomic mass is 19.1. The number of carbonyl (C=O) groups is 1. The first-order chi connectivity index (χ1) is 16.6. The van der Waals surface area contributed by atoms with E-state index in [9.17, 15) is 13.6 Å². The van der Waals surface area contributed by atoms with Crippen LogP contribution in [-0.2, 0) is 9.53 Å². The molecule has 3 aromatic rings. The third kappa shape index (κ3) is 4.80. The van der Waals surface area contributed by atoms with Gasteiger partial charge in [0.2, 0.25) is 11.8 Å². The highest BCUT2D eigenvalue weighted by Crippen LogP contribution is 2.31. The lowest BCUT2D eigenvalue weighted by Gasteiger charge is -2.39. The van der Waals surface area contributed by atoms with Crippen LogP contribution < -0.4 is 10.2 Å². The van der Waals surface area contributed by atoms with Gasteiger partial charge in [0.05, 0.1) is 24.4 Å². The first kappa shape index (κ1) is 22.5. The number of benzene rings is 2. The number of hydrogen-bond donors (Lipinski definition) is 1. The largest absolute Gasteiger partial charge is 0.447 e. The molecule has 0 spiro atoms. The van der Waals surface area contributed by atoms with Crippen molar-refractivity contribution >= 4 is 17.3 Å². The SMILES string of the molecule is O=C(Nc1ccc(N2CCN(C(c3ccc(F)cc3)c3ncco3)CC2)c(F)c1)C1CCOC1. The minimum atomic E-state index is -0.378. The van der Waals surface area contributed by atoms with E-state index in [2.05, 4.69) is 15.2 Å². The molecule has 9 heteroatoms. The van der Waals surface area contributed by atoms with Gasteiger partial charge < -0.3 is 19.4 Å². The lowest BCUT2D eigenvalue weighted by molar-refractivity contribution is -0.119. The summed E-state index contributed by atoms with van der Waals surface area (Å²) < 4.78 is 39.2.